The Balaban J connectivity index is 1.84. The summed E-state index contributed by atoms with van der Waals surface area (Å²) in [5.74, 6) is 2.45. The van der Waals surface area contributed by atoms with Crippen LogP contribution in [0.15, 0.2) is 28.6 Å². The van der Waals surface area contributed by atoms with Gasteiger partial charge < -0.3 is 5.32 Å². The second-order valence-electron chi connectivity index (χ2n) is 4.79. The van der Waals surface area contributed by atoms with Crippen LogP contribution in [0.1, 0.15) is 17.1 Å². The van der Waals surface area contributed by atoms with Gasteiger partial charge in [0.25, 0.3) is 0 Å². The highest BCUT2D eigenvalue weighted by Gasteiger charge is 2.08. The van der Waals surface area contributed by atoms with Crippen molar-refractivity contribution in [3.8, 4) is 0 Å². The number of aromatic nitrogens is 3. The number of anilines is 1. The van der Waals surface area contributed by atoms with Crippen molar-refractivity contribution < 1.29 is 0 Å². The van der Waals surface area contributed by atoms with Crippen LogP contribution in [0.5, 0.6) is 0 Å². The summed E-state index contributed by atoms with van der Waals surface area (Å²) in [6, 6.07) is 6.23. The van der Waals surface area contributed by atoms with Gasteiger partial charge in [-0.05, 0) is 43.0 Å². The minimum Gasteiger partial charge on any atom is -0.372 e. The lowest BCUT2D eigenvalue weighted by Crippen LogP contribution is -1.99. The number of aryl methyl sites for hydroxylation is 2. The van der Waals surface area contributed by atoms with Crippen molar-refractivity contribution in [1.29, 1.82) is 0 Å². The van der Waals surface area contributed by atoms with Crippen LogP contribution < -0.4 is 5.32 Å². The van der Waals surface area contributed by atoms with Crippen molar-refractivity contribution >= 4 is 39.1 Å². The number of nitrogens with one attached hydrogen (secondary N) is 1. The molecule has 0 amide bonds. The molecule has 0 radical (unpaired) electrons. The molecular formula is C15H16N4S2. The van der Waals surface area contributed by atoms with Crippen LogP contribution in [0.2, 0.25) is 0 Å². The molecule has 3 rings (SSSR count). The lowest BCUT2D eigenvalue weighted by Gasteiger charge is -2.06. The molecule has 0 aliphatic heterocycles. The van der Waals surface area contributed by atoms with Crippen molar-refractivity contribution in [2.24, 2.45) is 0 Å². The summed E-state index contributed by atoms with van der Waals surface area (Å²) in [5, 5.41) is 7.29. The third kappa shape index (κ3) is 3.16. The Labute approximate surface area is 132 Å². The van der Waals surface area contributed by atoms with Gasteiger partial charge >= 0.3 is 0 Å². The average Bonchev–Trinajstić information content (AvgIpc) is 2.91. The van der Waals surface area contributed by atoms with Crippen LogP contribution in [0.4, 0.5) is 5.82 Å². The normalized spacial score (nSPS) is 11.0. The molecule has 3 heterocycles. The maximum absolute atomic E-state index is 4.62. The van der Waals surface area contributed by atoms with Gasteiger partial charge in [0, 0.05) is 12.7 Å². The summed E-state index contributed by atoms with van der Waals surface area (Å²) < 4.78 is 0. The molecule has 0 fully saturated rings. The predicted molar refractivity (Wildman–Crippen MR) is 90.2 cm³/mol. The third-order valence-electron chi connectivity index (χ3n) is 3.03. The van der Waals surface area contributed by atoms with E-state index in [9.17, 15) is 0 Å². The highest BCUT2D eigenvalue weighted by atomic mass is 32.2. The van der Waals surface area contributed by atoms with Gasteiger partial charge in [-0.2, -0.15) is 0 Å². The maximum Gasteiger partial charge on any atom is 0.142 e. The zero-order chi connectivity index (χ0) is 14.8. The second kappa shape index (κ2) is 5.99. The summed E-state index contributed by atoms with van der Waals surface area (Å²) in [7, 11) is 1.89. The van der Waals surface area contributed by atoms with E-state index in [0.717, 1.165) is 38.3 Å². The number of thioether (sulfide) groups is 1. The summed E-state index contributed by atoms with van der Waals surface area (Å²) in [6.07, 6.45) is 0. The minimum atomic E-state index is 0.721. The molecule has 0 unspecified atom stereocenters. The number of hydrogen-bond acceptors (Lipinski definition) is 6. The molecule has 0 atom stereocenters. The van der Waals surface area contributed by atoms with Crippen LogP contribution in [-0.4, -0.2) is 22.0 Å². The first-order valence-corrected chi connectivity index (χ1v) is 8.52. The highest BCUT2D eigenvalue weighted by Crippen LogP contribution is 2.27. The molecule has 0 aliphatic rings. The fourth-order valence-corrected chi connectivity index (χ4v) is 3.84. The molecule has 0 aromatic carbocycles. The quantitative estimate of drug-likeness (QED) is 0.736. The van der Waals surface area contributed by atoms with E-state index in [2.05, 4.69) is 39.3 Å². The lowest BCUT2D eigenvalue weighted by molar-refractivity contribution is 1.03. The van der Waals surface area contributed by atoms with Crippen molar-refractivity contribution in [2.75, 3.05) is 12.4 Å². The zero-order valence-electron chi connectivity index (χ0n) is 12.2. The Bertz CT molecular complexity index is 762. The monoisotopic (exact) mass is 316 g/mol. The number of hydrogen-bond donors (Lipinski definition) is 1. The van der Waals surface area contributed by atoms with Crippen LogP contribution in [0.25, 0.3) is 10.2 Å². The van der Waals surface area contributed by atoms with Crippen molar-refractivity contribution in [3.63, 3.8) is 0 Å². The number of thiophene rings is 1. The first-order chi connectivity index (χ1) is 10.2. The van der Waals surface area contributed by atoms with Crippen molar-refractivity contribution in [3.05, 3.63) is 40.7 Å². The average molecular weight is 316 g/mol. The van der Waals surface area contributed by atoms with Crippen molar-refractivity contribution in [2.45, 2.75) is 24.6 Å². The lowest BCUT2D eigenvalue weighted by atomic mass is 10.3. The molecule has 21 heavy (non-hydrogen) atoms. The summed E-state index contributed by atoms with van der Waals surface area (Å²) in [6.45, 7) is 4.11. The molecule has 0 aliphatic carbocycles. The fraction of sp³-hybridized carbons (Fsp3) is 0.267. The topological polar surface area (TPSA) is 50.7 Å². The SMILES string of the molecule is CNc1nc(CSc2cc(C)cc(C)n2)nc2sccc12. The van der Waals surface area contributed by atoms with E-state index in [1.165, 1.54) is 5.56 Å². The molecular weight excluding hydrogens is 300 g/mol. The number of nitrogens with zero attached hydrogens (tertiary/aromatic N) is 3. The Hall–Kier alpha value is -1.66. The van der Waals surface area contributed by atoms with E-state index in [1.807, 2.05) is 25.4 Å². The molecule has 3 aromatic rings. The van der Waals surface area contributed by atoms with E-state index in [1.54, 1.807) is 23.1 Å². The van der Waals surface area contributed by atoms with E-state index >= 15 is 0 Å². The van der Waals surface area contributed by atoms with Crippen LogP contribution in [0, 0.1) is 13.8 Å². The van der Waals surface area contributed by atoms with Crippen LogP contribution in [-0.2, 0) is 5.75 Å². The molecule has 1 N–H and O–H groups in total. The molecule has 4 nitrogen and oxygen atoms in total. The van der Waals surface area contributed by atoms with Gasteiger partial charge in [0.15, 0.2) is 0 Å². The Morgan fingerprint density at radius 2 is 2.05 bits per heavy atom. The Morgan fingerprint density at radius 3 is 2.81 bits per heavy atom. The summed E-state index contributed by atoms with van der Waals surface area (Å²) >= 11 is 3.31. The molecule has 108 valence electrons. The molecule has 0 bridgehead atoms. The van der Waals surface area contributed by atoms with Crippen LogP contribution >= 0.6 is 23.1 Å². The summed E-state index contributed by atoms with van der Waals surface area (Å²) in [5.41, 5.74) is 2.28. The van der Waals surface area contributed by atoms with E-state index in [4.69, 9.17) is 0 Å². The standard InChI is InChI=1S/C15H16N4S2/c1-9-6-10(2)17-13(7-9)21-8-12-18-14(16-3)11-4-5-20-15(11)19-12/h4-7H,8H2,1-3H3,(H,16,18,19). The highest BCUT2D eigenvalue weighted by molar-refractivity contribution is 7.98. The molecule has 0 saturated carbocycles. The zero-order valence-corrected chi connectivity index (χ0v) is 13.8. The van der Waals surface area contributed by atoms with Gasteiger partial charge in [0.05, 0.1) is 16.2 Å². The fourth-order valence-electron chi connectivity index (χ4n) is 2.17. The van der Waals surface area contributed by atoms with Crippen molar-refractivity contribution in [1.82, 2.24) is 15.0 Å². The van der Waals surface area contributed by atoms with E-state index in [-0.39, 0.29) is 0 Å². The first-order valence-electron chi connectivity index (χ1n) is 6.65. The Kier molecular flexibility index (Phi) is 4.07. The van der Waals surface area contributed by atoms with Gasteiger partial charge in [0.1, 0.15) is 16.5 Å². The minimum absolute atomic E-state index is 0.721. The van der Waals surface area contributed by atoms with Gasteiger partial charge in [-0.15, -0.1) is 11.3 Å². The summed E-state index contributed by atoms with van der Waals surface area (Å²) in [4.78, 5) is 14.8. The second-order valence-corrected chi connectivity index (χ2v) is 6.68. The molecule has 0 spiro atoms. The molecule has 0 saturated heterocycles. The van der Waals surface area contributed by atoms with Crippen LogP contribution in [0.3, 0.4) is 0 Å². The Morgan fingerprint density at radius 1 is 1.19 bits per heavy atom. The van der Waals surface area contributed by atoms with Gasteiger partial charge in [0.2, 0.25) is 0 Å². The number of rotatable bonds is 4. The maximum atomic E-state index is 4.62. The van der Waals surface area contributed by atoms with Gasteiger partial charge in [-0.3, -0.25) is 0 Å². The number of fused-ring (bicyclic) bond motifs is 1. The van der Waals surface area contributed by atoms with Gasteiger partial charge in [-0.25, -0.2) is 15.0 Å². The van der Waals surface area contributed by atoms with E-state index in [0.29, 0.717) is 0 Å². The largest absolute Gasteiger partial charge is 0.372 e. The molecule has 3 aromatic heterocycles. The van der Waals surface area contributed by atoms with E-state index < -0.39 is 0 Å². The van der Waals surface area contributed by atoms with Gasteiger partial charge in [-0.1, -0.05) is 11.8 Å². The predicted octanol–water partition coefficient (Wildman–Crippen LogP) is 4.04. The third-order valence-corrected chi connectivity index (χ3v) is 4.75. The molecule has 6 heteroatoms. The smallest absolute Gasteiger partial charge is 0.142 e. The number of pyridine rings is 1. The first kappa shape index (κ1) is 14.3.